The van der Waals surface area contributed by atoms with Gasteiger partial charge in [0.25, 0.3) is 5.91 Å². The highest BCUT2D eigenvalue weighted by molar-refractivity contribution is 9.10. The molecule has 0 atom stereocenters. The minimum Gasteiger partial charge on any atom is -0.434 e. The summed E-state index contributed by atoms with van der Waals surface area (Å²) in [6.07, 6.45) is -14.1. The van der Waals surface area contributed by atoms with Gasteiger partial charge in [-0.25, -0.2) is 8.78 Å². The molecule has 0 radical (unpaired) electrons. The summed E-state index contributed by atoms with van der Waals surface area (Å²) < 4.78 is 138. The summed E-state index contributed by atoms with van der Waals surface area (Å²) in [5.41, 5.74) is -9.30. The number of halogens is 11. The number of carbonyl (C=O) groups excluding carboxylic acids is 2. The molecule has 0 saturated carbocycles. The number of rotatable bonds is 8. The Labute approximate surface area is 250 Å². The van der Waals surface area contributed by atoms with Gasteiger partial charge in [0.05, 0.1) is 16.8 Å². The van der Waals surface area contributed by atoms with Gasteiger partial charge in [-0.1, -0.05) is 22.0 Å². The van der Waals surface area contributed by atoms with Gasteiger partial charge < -0.3 is 9.64 Å². The summed E-state index contributed by atoms with van der Waals surface area (Å²) in [6.45, 7) is -2.23. The quantitative estimate of drug-likeness (QED) is 0.175. The number of aryl methyl sites for hydroxylation is 1. The molecule has 0 bridgehead atoms. The first kappa shape index (κ1) is 34.4. The van der Waals surface area contributed by atoms with E-state index in [1.54, 1.807) is 13.0 Å². The number of Topliss-reactive ketones (excluding diaryl/α,β-unsaturated/α-hetero) is 1. The van der Waals surface area contributed by atoms with Crippen molar-refractivity contribution in [2.24, 2.45) is 0 Å². The molecule has 44 heavy (non-hydrogen) atoms. The van der Waals surface area contributed by atoms with E-state index < -0.39 is 69.9 Å². The highest BCUT2D eigenvalue weighted by Gasteiger charge is 2.73. The topological polar surface area (TPSA) is 70.4 Å². The lowest BCUT2D eigenvalue weighted by Crippen LogP contribution is -2.50. The van der Waals surface area contributed by atoms with Crippen molar-refractivity contribution in [2.75, 3.05) is 11.9 Å². The number of nitrogens with zero attached hydrogens (tertiary/aromatic N) is 2. The van der Waals surface area contributed by atoms with Crippen LogP contribution in [0.1, 0.15) is 43.0 Å². The first-order valence-corrected chi connectivity index (χ1v) is 12.7. The van der Waals surface area contributed by atoms with Crippen molar-refractivity contribution in [1.82, 2.24) is 0 Å². The fourth-order valence-electron chi connectivity index (χ4n) is 4.09. The van der Waals surface area contributed by atoms with Gasteiger partial charge in [0.15, 0.2) is 5.78 Å². The van der Waals surface area contributed by atoms with Gasteiger partial charge in [0.1, 0.15) is 17.6 Å². The number of ketones is 1. The van der Waals surface area contributed by atoms with Crippen molar-refractivity contribution >= 4 is 33.3 Å². The molecule has 3 rings (SSSR count). The molecule has 0 N–H and O–H groups in total. The zero-order chi connectivity index (χ0) is 33.4. The molecule has 0 heterocycles. The molecule has 0 fully saturated rings. The van der Waals surface area contributed by atoms with Crippen LogP contribution >= 0.6 is 15.9 Å². The van der Waals surface area contributed by atoms with E-state index in [0.717, 1.165) is 29.2 Å². The number of hydrogen-bond donors (Lipinski definition) is 0. The summed E-state index contributed by atoms with van der Waals surface area (Å²) in [7, 11) is 1.17. The average molecular weight is 699 g/mol. The summed E-state index contributed by atoms with van der Waals surface area (Å²) >= 11 is 2.62. The van der Waals surface area contributed by atoms with Gasteiger partial charge in [-0.15, -0.1) is 0 Å². The van der Waals surface area contributed by atoms with Crippen LogP contribution in [0.2, 0.25) is 0 Å². The first-order chi connectivity index (χ1) is 20.2. The third-order valence-corrected chi connectivity index (χ3v) is 7.06. The Balaban J connectivity index is 2.07. The summed E-state index contributed by atoms with van der Waals surface area (Å²) in [5.74, 6) is -4.15. The van der Waals surface area contributed by atoms with Crippen molar-refractivity contribution in [2.45, 2.75) is 38.0 Å². The number of amides is 1. The van der Waals surface area contributed by atoms with Crippen LogP contribution in [0.4, 0.5) is 49.6 Å². The standard InChI is InChI=1S/C28H17BrF10N2O3/c1-13-3-6-17(20(30)7-13)24(43)41(2)21-8-14(4-5-15(21)12-40)22(42)11-18-19(29)9-16(10-23(18)44-25(31)32)26(33,27(34,35)36)28(37,38)39/h3-10,25H,11H2,1-2H3. The van der Waals surface area contributed by atoms with Crippen LogP contribution < -0.4 is 9.64 Å². The van der Waals surface area contributed by atoms with Crippen molar-refractivity contribution in [3.63, 3.8) is 0 Å². The smallest absolute Gasteiger partial charge is 0.434 e. The fraction of sp³-hybridized carbons (Fsp3) is 0.250. The van der Waals surface area contributed by atoms with E-state index in [0.29, 0.717) is 5.56 Å². The van der Waals surface area contributed by atoms with Gasteiger partial charge in [-0.05, 0) is 55.0 Å². The Morgan fingerprint density at radius 1 is 0.977 bits per heavy atom. The first-order valence-electron chi connectivity index (χ1n) is 11.9. The lowest BCUT2D eigenvalue weighted by molar-refractivity contribution is -0.348. The van der Waals surface area contributed by atoms with Gasteiger partial charge >= 0.3 is 24.6 Å². The monoisotopic (exact) mass is 698 g/mol. The Kier molecular flexibility index (Phi) is 9.74. The van der Waals surface area contributed by atoms with Crippen LogP contribution in [-0.4, -0.2) is 37.7 Å². The minimum absolute atomic E-state index is 0.0364. The van der Waals surface area contributed by atoms with Crippen molar-refractivity contribution < 1.29 is 58.2 Å². The van der Waals surface area contributed by atoms with E-state index >= 15 is 0 Å². The lowest BCUT2D eigenvalue weighted by atomic mass is 9.91. The normalized spacial score (nSPS) is 12.2. The van der Waals surface area contributed by atoms with Crippen LogP contribution in [-0.2, 0) is 12.1 Å². The molecule has 0 aliphatic rings. The van der Waals surface area contributed by atoms with E-state index in [9.17, 15) is 58.8 Å². The number of carbonyl (C=O) groups is 2. The Morgan fingerprint density at radius 2 is 1.59 bits per heavy atom. The largest absolute Gasteiger partial charge is 0.435 e. The third kappa shape index (κ3) is 6.67. The van der Waals surface area contributed by atoms with Crippen molar-refractivity contribution in [3.8, 4) is 11.8 Å². The van der Waals surface area contributed by atoms with Crippen LogP contribution in [0, 0.1) is 24.1 Å². The third-order valence-electron chi connectivity index (χ3n) is 6.35. The van der Waals surface area contributed by atoms with Crippen LogP contribution in [0.5, 0.6) is 5.75 Å². The molecule has 0 spiro atoms. The van der Waals surface area contributed by atoms with Crippen LogP contribution in [0.3, 0.4) is 0 Å². The van der Waals surface area contributed by atoms with Gasteiger partial charge in [0.2, 0.25) is 0 Å². The zero-order valence-electron chi connectivity index (χ0n) is 22.2. The SMILES string of the molecule is Cc1ccc(C(=O)N(C)c2cc(C(=O)Cc3c(Br)cc(C(F)(C(F)(F)F)C(F)(F)F)cc3OC(F)F)ccc2C#N)c(F)c1. The summed E-state index contributed by atoms with van der Waals surface area (Å²) in [5, 5.41) is 9.51. The molecule has 3 aromatic rings. The lowest BCUT2D eigenvalue weighted by Gasteiger charge is -2.31. The maximum Gasteiger partial charge on any atom is 0.435 e. The molecule has 0 aliphatic heterocycles. The summed E-state index contributed by atoms with van der Waals surface area (Å²) in [4.78, 5) is 27.0. The maximum absolute atomic E-state index is 14.7. The van der Waals surface area contributed by atoms with E-state index in [1.807, 2.05) is 0 Å². The Morgan fingerprint density at radius 3 is 2.11 bits per heavy atom. The second kappa shape index (κ2) is 12.5. The summed E-state index contributed by atoms with van der Waals surface area (Å²) in [6, 6.07) is 8.50. The van der Waals surface area contributed by atoms with Gasteiger partial charge in [-0.2, -0.15) is 40.4 Å². The highest BCUT2D eigenvalue weighted by atomic mass is 79.9. The van der Waals surface area contributed by atoms with Crippen LogP contribution in [0.15, 0.2) is 53.0 Å². The molecule has 5 nitrogen and oxygen atoms in total. The van der Waals surface area contributed by atoms with E-state index in [4.69, 9.17) is 0 Å². The number of benzene rings is 3. The van der Waals surface area contributed by atoms with Gasteiger partial charge in [-0.3, -0.25) is 9.59 Å². The molecule has 0 aromatic heterocycles. The van der Waals surface area contributed by atoms with Crippen molar-refractivity contribution in [3.05, 3.63) is 92.2 Å². The Hall–Kier alpha value is -4.13. The molecule has 0 saturated heterocycles. The van der Waals surface area contributed by atoms with E-state index in [2.05, 4.69) is 20.7 Å². The maximum atomic E-state index is 14.7. The molecule has 234 valence electrons. The van der Waals surface area contributed by atoms with E-state index in [-0.39, 0.29) is 34.5 Å². The number of ether oxygens (including phenoxy) is 1. The second-order valence-electron chi connectivity index (χ2n) is 9.26. The Bertz CT molecular complexity index is 1630. The second-order valence-corrected chi connectivity index (χ2v) is 10.1. The molecule has 16 heteroatoms. The highest BCUT2D eigenvalue weighted by Crippen LogP contribution is 2.54. The number of hydrogen-bond acceptors (Lipinski definition) is 4. The van der Waals surface area contributed by atoms with Crippen molar-refractivity contribution in [1.29, 1.82) is 5.26 Å². The number of alkyl halides is 9. The molecular formula is C28H17BrF10N2O3. The average Bonchev–Trinajstić information content (AvgIpc) is 2.91. The minimum atomic E-state index is -6.56. The molecule has 0 aliphatic carbocycles. The predicted octanol–water partition coefficient (Wildman–Crippen LogP) is 8.36. The molecular weight excluding hydrogens is 682 g/mol. The predicted molar refractivity (Wildman–Crippen MR) is 139 cm³/mol. The molecule has 1 amide bonds. The number of anilines is 1. The van der Waals surface area contributed by atoms with E-state index in [1.165, 1.54) is 19.2 Å². The van der Waals surface area contributed by atoms with Gasteiger partial charge in [0, 0.05) is 34.6 Å². The fourth-order valence-corrected chi connectivity index (χ4v) is 4.68. The van der Waals surface area contributed by atoms with Crippen LogP contribution in [0.25, 0.3) is 0 Å². The molecule has 3 aromatic carbocycles. The zero-order valence-corrected chi connectivity index (χ0v) is 23.8. The molecule has 0 unspecified atom stereocenters. The number of nitriles is 1.